The van der Waals surface area contributed by atoms with Gasteiger partial charge in [-0.15, -0.1) is 11.1 Å². The fourth-order valence-electron chi connectivity index (χ4n) is 1.09. The average molecular weight is 198 g/mol. The van der Waals surface area contributed by atoms with Gasteiger partial charge in [-0.25, -0.2) is 0 Å². The first-order valence-electron chi connectivity index (χ1n) is 3.98. The molecule has 0 bridgehead atoms. The predicted molar refractivity (Wildman–Crippen MR) is 55.8 cm³/mol. The summed E-state index contributed by atoms with van der Waals surface area (Å²) >= 11 is 5.81. The van der Waals surface area contributed by atoms with E-state index in [-0.39, 0.29) is 0 Å². The minimum Gasteiger partial charge on any atom is -0.386 e. The lowest BCUT2D eigenvalue weighted by Gasteiger charge is -2.18. The molecule has 1 nitrogen and oxygen atoms in total. The molecule has 0 heterocycles. The lowest BCUT2D eigenvalue weighted by atomic mass is 10.2. The van der Waals surface area contributed by atoms with E-state index < -0.39 is 0 Å². The van der Waals surface area contributed by atoms with E-state index in [0.29, 0.717) is 8.99 Å². The molecule has 0 saturated heterocycles. The lowest BCUT2D eigenvalue weighted by molar-refractivity contribution is 1.09. The van der Waals surface area contributed by atoms with E-state index >= 15 is 0 Å². The summed E-state index contributed by atoms with van der Waals surface area (Å²) in [6, 6.07) is 8.39. The Balaban J connectivity index is 2.85. The van der Waals surface area contributed by atoms with Gasteiger partial charge >= 0.3 is 8.99 Å². The molecule has 0 unspecified atom stereocenters. The molecule has 12 heavy (non-hydrogen) atoms. The van der Waals surface area contributed by atoms with Crippen LogP contribution < -0.4 is 4.57 Å². The van der Waals surface area contributed by atoms with E-state index in [0.717, 1.165) is 6.54 Å². The maximum absolute atomic E-state index is 5.81. The Bertz CT molecular complexity index is 248. The number of aryl methyl sites for hydroxylation is 1. The van der Waals surface area contributed by atoms with Crippen LogP contribution in [0.5, 0.6) is 0 Å². The summed E-state index contributed by atoms with van der Waals surface area (Å²) < 4.78 is 2.15. The van der Waals surface area contributed by atoms with Gasteiger partial charge in [0.15, 0.2) is 0 Å². The molecular weight excluding hydrogens is 186 g/mol. The zero-order valence-corrected chi connectivity index (χ0v) is 9.10. The Morgan fingerprint density at radius 1 is 1.50 bits per heavy atom. The molecule has 2 radical (unpaired) electrons. The van der Waals surface area contributed by atoms with Crippen LogP contribution in [0.15, 0.2) is 24.3 Å². The van der Waals surface area contributed by atoms with Crippen molar-refractivity contribution >= 4 is 25.8 Å². The molecule has 0 aliphatic heterocycles. The minimum absolute atomic E-state index is 0.328. The molecule has 0 N–H and O–H groups in total. The van der Waals surface area contributed by atoms with Gasteiger partial charge < -0.3 is 4.57 Å². The number of anilines is 1. The SMILES string of the molecule is CCN([Si]Cl)c1cccc(C)c1. The van der Waals surface area contributed by atoms with Gasteiger partial charge in [-0.1, -0.05) is 12.1 Å². The molecule has 3 heteroatoms. The Kier molecular flexibility index (Phi) is 3.63. The molecule has 0 aromatic heterocycles. The van der Waals surface area contributed by atoms with Gasteiger partial charge in [0.2, 0.25) is 0 Å². The van der Waals surface area contributed by atoms with Crippen LogP contribution in [0.4, 0.5) is 5.69 Å². The van der Waals surface area contributed by atoms with Crippen molar-refractivity contribution in [3.63, 3.8) is 0 Å². The van der Waals surface area contributed by atoms with Crippen molar-refractivity contribution in [2.24, 2.45) is 0 Å². The van der Waals surface area contributed by atoms with Crippen molar-refractivity contribution < 1.29 is 0 Å². The second kappa shape index (κ2) is 4.53. The van der Waals surface area contributed by atoms with Crippen molar-refractivity contribution in [3.8, 4) is 0 Å². The first kappa shape index (κ1) is 9.61. The molecule has 0 saturated carbocycles. The fourth-order valence-corrected chi connectivity index (χ4v) is 2.09. The smallest absolute Gasteiger partial charge is 0.311 e. The summed E-state index contributed by atoms with van der Waals surface area (Å²) in [5.41, 5.74) is 2.49. The topological polar surface area (TPSA) is 3.24 Å². The number of hydrogen-bond acceptors (Lipinski definition) is 1. The normalized spacial score (nSPS) is 9.92. The van der Waals surface area contributed by atoms with Gasteiger partial charge in [0, 0.05) is 12.2 Å². The van der Waals surface area contributed by atoms with E-state index in [4.69, 9.17) is 11.1 Å². The molecule has 0 amide bonds. The molecule has 0 fully saturated rings. The molecule has 0 spiro atoms. The summed E-state index contributed by atoms with van der Waals surface area (Å²) in [4.78, 5) is 0. The number of hydrogen-bond donors (Lipinski definition) is 0. The zero-order valence-electron chi connectivity index (χ0n) is 7.34. The van der Waals surface area contributed by atoms with Crippen LogP contribution in [0, 0.1) is 6.92 Å². The van der Waals surface area contributed by atoms with E-state index in [9.17, 15) is 0 Å². The van der Waals surface area contributed by atoms with E-state index in [1.807, 2.05) is 0 Å². The molecule has 0 aliphatic carbocycles. The average Bonchev–Trinajstić information content (AvgIpc) is 2.07. The summed E-state index contributed by atoms with van der Waals surface area (Å²) in [5.74, 6) is 0. The Morgan fingerprint density at radius 2 is 2.25 bits per heavy atom. The van der Waals surface area contributed by atoms with Gasteiger partial charge in [-0.3, -0.25) is 0 Å². The summed E-state index contributed by atoms with van der Waals surface area (Å²) in [7, 11) is 0.328. The fraction of sp³-hybridized carbons (Fsp3) is 0.333. The molecule has 0 aliphatic rings. The maximum atomic E-state index is 5.81. The molecule has 1 rings (SSSR count). The molecule has 1 aromatic carbocycles. The predicted octanol–water partition coefficient (Wildman–Crippen LogP) is 2.59. The first-order valence-corrected chi connectivity index (χ1v) is 5.94. The zero-order chi connectivity index (χ0) is 8.97. The quantitative estimate of drug-likeness (QED) is 0.532. The van der Waals surface area contributed by atoms with Crippen molar-refractivity contribution in [1.82, 2.24) is 0 Å². The first-order chi connectivity index (χ1) is 5.77. The highest BCUT2D eigenvalue weighted by atomic mass is 35.6. The number of benzene rings is 1. The van der Waals surface area contributed by atoms with Gasteiger partial charge in [0.05, 0.1) is 0 Å². The third kappa shape index (κ3) is 2.25. The second-order valence-electron chi connectivity index (χ2n) is 2.67. The van der Waals surface area contributed by atoms with E-state index in [1.54, 1.807) is 0 Å². The Labute approximate surface area is 80.9 Å². The van der Waals surface area contributed by atoms with Crippen LogP contribution >= 0.6 is 11.1 Å². The van der Waals surface area contributed by atoms with Crippen molar-refractivity contribution in [2.75, 3.05) is 11.1 Å². The van der Waals surface area contributed by atoms with Crippen molar-refractivity contribution in [2.45, 2.75) is 13.8 Å². The number of halogens is 1. The largest absolute Gasteiger partial charge is 0.386 e. The number of nitrogens with zero attached hydrogens (tertiary/aromatic N) is 1. The van der Waals surface area contributed by atoms with Gasteiger partial charge in [-0.05, 0) is 31.5 Å². The number of rotatable bonds is 3. The van der Waals surface area contributed by atoms with Crippen LogP contribution in [0.25, 0.3) is 0 Å². The second-order valence-corrected chi connectivity index (χ2v) is 3.88. The van der Waals surface area contributed by atoms with Crippen molar-refractivity contribution in [3.05, 3.63) is 29.8 Å². The van der Waals surface area contributed by atoms with Crippen LogP contribution in [0.2, 0.25) is 0 Å². The molecule has 0 atom stereocenters. The highest BCUT2D eigenvalue weighted by Gasteiger charge is 2.02. The standard InChI is InChI=1S/C9H12ClNSi/c1-3-11(12-10)9-6-4-5-8(2)7-9/h4-7H,3H2,1-2H3. The maximum Gasteiger partial charge on any atom is 0.311 e. The molecular formula is C9H12ClNSi. The van der Waals surface area contributed by atoms with Crippen LogP contribution in [0.1, 0.15) is 12.5 Å². The monoisotopic (exact) mass is 197 g/mol. The molecule has 64 valence electrons. The molecule has 1 aromatic rings. The lowest BCUT2D eigenvalue weighted by Crippen LogP contribution is -2.23. The van der Waals surface area contributed by atoms with Crippen LogP contribution in [-0.4, -0.2) is 15.5 Å². The van der Waals surface area contributed by atoms with Gasteiger partial charge in [0.1, 0.15) is 0 Å². The summed E-state index contributed by atoms with van der Waals surface area (Å²) in [6.07, 6.45) is 0. The third-order valence-corrected chi connectivity index (χ3v) is 3.12. The van der Waals surface area contributed by atoms with Crippen molar-refractivity contribution in [1.29, 1.82) is 0 Å². The van der Waals surface area contributed by atoms with Crippen LogP contribution in [0.3, 0.4) is 0 Å². The third-order valence-electron chi connectivity index (χ3n) is 1.73. The van der Waals surface area contributed by atoms with Crippen LogP contribution in [-0.2, 0) is 0 Å². The van der Waals surface area contributed by atoms with Gasteiger partial charge in [-0.2, -0.15) is 0 Å². The minimum atomic E-state index is 0.328. The van der Waals surface area contributed by atoms with E-state index in [2.05, 4.69) is 42.7 Å². The highest BCUT2D eigenvalue weighted by Crippen LogP contribution is 2.14. The van der Waals surface area contributed by atoms with E-state index in [1.165, 1.54) is 11.3 Å². The van der Waals surface area contributed by atoms with Gasteiger partial charge in [0.25, 0.3) is 0 Å². The highest BCUT2D eigenvalue weighted by molar-refractivity contribution is 6.95. The Hall–Kier alpha value is -0.473. The summed E-state index contributed by atoms with van der Waals surface area (Å²) in [5, 5.41) is 0. The summed E-state index contributed by atoms with van der Waals surface area (Å²) in [6.45, 7) is 5.16. The Morgan fingerprint density at radius 3 is 2.75 bits per heavy atom.